The maximum atomic E-state index is 10.2. The smallest absolute Gasteiger partial charge is 0.119 e. The molecule has 0 amide bonds. The van der Waals surface area contributed by atoms with Crippen LogP contribution >= 0.6 is 0 Å². The van der Waals surface area contributed by atoms with Crippen LogP contribution in [0.4, 0.5) is 0 Å². The number of unbranched alkanes of at least 4 members (excludes halogenated alkanes) is 1. The monoisotopic (exact) mass is 770 g/mol. The molecule has 290 valence electrons. The third-order valence-electron chi connectivity index (χ3n) is 12.0. The van der Waals surface area contributed by atoms with Crippen molar-refractivity contribution < 1.29 is 19.7 Å². The van der Waals surface area contributed by atoms with Gasteiger partial charge in [-0.05, 0) is 129 Å². The van der Waals surface area contributed by atoms with E-state index in [9.17, 15) is 10.2 Å². The molecule has 0 aliphatic heterocycles. The zero-order chi connectivity index (χ0) is 40.2. The summed E-state index contributed by atoms with van der Waals surface area (Å²) in [5.74, 6) is 2.11. The Kier molecular flexibility index (Phi) is 10.2. The maximum Gasteiger partial charge on any atom is 0.119 e. The molecule has 0 saturated carbocycles. The van der Waals surface area contributed by atoms with E-state index in [1.54, 1.807) is 24.3 Å². The molecule has 2 aliphatic rings. The summed E-state index contributed by atoms with van der Waals surface area (Å²) >= 11 is 0. The number of allylic oxidation sites excluding steroid dienone is 5. The zero-order valence-corrected chi connectivity index (χ0v) is 32.9. The average Bonchev–Trinajstić information content (AvgIpc) is 3.60. The second kappa shape index (κ2) is 16.1. The lowest BCUT2D eigenvalue weighted by Gasteiger charge is -2.38. The average molecular weight is 771 g/mol. The molecule has 0 aromatic heterocycles. The quantitative estimate of drug-likeness (QED) is 0.129. The number of fused-ring (bicyclic) bond motifs is 4. The molecule has 2 aliphatic carbocycles. The van der Waals surface area contributed by atoms with E-state index >= 15 is 0 Å². The van der Waals surface area contributed by atoms with Crippen LogP contribution in [-0.2, 0) is 17.3 Å². The zero-order valence-electron chi connectivity index (χ0n) is 32.9. The van der Waals surface area contributed by atoms with E-state index in [0.717, 1.165) is 58.6 Å². The van der Waals surface area contributed by atoms with Crippen LogP contribution in [0.3, 0.4) is 0 Å². The number of phenolic OH excluding ortho intramolecular Hbond substituents is 2. The van der Waals surface area contributed by atoms with Crippen molar-refractivity contribution in [1.29, 1.82) is 0 Å². The van der Waals surface area contributed by atoms with Crippen LogP contribution in [-0.4, -0.2) is 23.4 Å². The minimum atomic E-state index is -0.668. The number of benzene rings is 7. The molecule has 7 aromatic carbocycles. The van der Waals surface area contributed by atoms with Gasteiger partial charge in [0.1, 0.15) is 23.0 Å². The fraction of sp³-hybridized carbons (Fsp3) is 0.127. The standard InChI is InChI=1S/C55H46O4/c1-39-13-3-2-4-14-40-15-5-8-18-51(40)54(39,41-21-29-45(56)30-22-41)42-25-33-47(34-26-42)58-37-11-12-38-59-48-35-27-44(28-36-48)55(43-23-31-46(57)32-24-43)52-19-9-6-16-49(52)50-17-7-10-20-53(50)55/h2-10,13,15-36,56-57H,1,11-12,14,37-38H2/b4-2-,13-3-. The third-order valence-corrected chi connectivity index (χ3v) is 12.0. The minimum absolute atomic E-state index is 0.229. The van der Waals surface area contributed by atoms with Gasteiger partial charge in [0, 0.05) is 0 Å². The lowest BCUT2D eigenvalue weighted by atomic mass is 9.63. The van der Waals surface area contributed by atoms with Gasteiger partial charge in [-0.15, -0.1) is 0 Å². The van der Waals surface area contributed by atoms with Crippen molar-refractivity contribution in [1.82, 2.24) is 0 Å². The Labute approximate surface area is 346 Å². The number of phenols is 2. The van der Waals surface area contributed by atoms with Crippen molar-refractivity contribution in [2.75, 3.05) is 13.2 Å². The third kappa shape index (κ3) is 6.71. The fourth-order valence-electron chi connectivity index (χ4n) is 9.29. The van der Waals surface area contributed by atoms with Gasteiger partial charge in [-0.25, -0.2) is 0 Å². The molecule has 0 bridgehead atoms. The van der Waals surface area contributed by atoms with Gasteiger partial charge in [0.2, 0.25) is 0 Å². The van der Waals surface area contributed by atoms with Crippen molar-refractivity contribution >= 4 is 0 Å². The highest BCUT2D eigenvalue weighted by molar-refractivity contribution is 5.86. The molecule has 0 radical (unpaired) electrons. The van der Waals surface area contributed by atoms with Crippen molar-refractivity contribution in [2.24, 2.45) is 0 Å². The van der Waals surface area contributed by atoms with E-state index in [1.807, 2.05) is 36.4 Å². The molecule has 2 N–H and O–H groups in total. The molecule has 7 aromatic rings. The molecule has 59 heavy (non-hydrogen) atoms. The number of hydrogen-bond donors (Lipinski definition) is 2. The normalized spacial score (nSPS) is 17.3. The highest BCUT2D eigenvalue weighted by Gasteiger charge is 2.46. The summed E-state index contributed by atoms with van der Waals surface area (Å²) in [6, 6.07) is 57.8. The molecular formula is C55H46O4. The first-order valence-electron chi connectivity index (χ1n) is 20.4. The van der Waals surface area contributed by atoms with Crippen LogP contribution in [0.15, 0.2) is 206 Å². The predicted molar refractivity (Wildman–Crippen MR) is 238 cm³/mol. The van der Waals surface area contributed by atoms with Crippen molar-refractivity contribution in [3.8, 4) is 34.1 Å². The Balaban J connectivity index is 0.879. The summed E-state index contributed by atoms with van der Waals surface area (Å²) in [6.07, 6.45) is 10.9. The van der Waals surface area contributed by atoms with E-state index in [0.29, 0.717) is 13.2 Å². The number of ether oxygens (including phenoxy) is 2. The van der Waals surface area contributed by atoms with Crippen LogP contribution in [0.1, 0.15) is 57.3 Å². The molecule has 4 nitrogen and oxygen atoms in total. The second-order valence-corrected chi connectivity index (χ2v) is 15.3. The number of hydrogen-bond acceptors (Lipinski definition) is 4. The Bertz CT molecular complexity index is 2610. The SMILES string of the molecule is C=C1/C=C\C=C/Cc2ccccc2C1(c1ccc(O)cc1)c1ccc(OCCCCOc2ccc(C3(c4ccc(O)cc4)c4ccccc4-c4ccccc43)cc2)cc1. The molecular weight excluding hydrogens is 725 g/mol. The van der Waals surface area contributed by atoms with Crippen LogP contribution < -0.4 is 9.47 Å². The maximum absolute atomic E-state index is 10.2. The Morgan fingerprint density at radius 3 is 1.39 bits per heavy atom. The van der Waals surface area contributed by atoms with E-state index in [2.05, 4.69) is 140 Å². The Hall–Kier alpha value is -7.04. The molecule has 1 atom stereocenters. The highest BCUT2D eigenvalue weighted by atomic mass is 16.5. The minimum Gasteiger partial charge on any atom is -0.508 e. The molecule has 9 rings (SSSR count). The van der Waals surface area contributed by atoms with Gasteiger partial charge >= 0.3 is 0 Å². The highest BCUT2D eigenvalue weighted by Crippen LogP contribution is 2.56. The lowest BCUT2D eigenvalue weighted by molar-refractivity contribution is 0.266. The summed E-state index contributed by atoms with van der Waals surface area (Å²) in [6.45, 7) is 5.78. The van der Waals surface area contributed by atoms with E-state index in [4.69, 9.17) is 9.47 Å². The summed E-state index contributed by atoms with van der Waals surface area (Å²) in [5.41, 5.74) is 11.4. The summed E-state index contributed by atoms with van der Waals surface area (Å²) in [5, 5.41) is 20.4. The van der Waals surface area contributed by atoms with Gasteiger partial charge in [0.25, 0.3) is 0 Å². The van der Waals surface area contributed by atoms with Gasteiger partial charge in [0.05, 0.1) is 24.0 Å². The van der Waals surface area contributed by atoms with Gasteiger partial charge in [-0.3, -0.25) is 0 Å². The van der Waals surface area contributed by atoms with E-state index in [-0.39, 0.29) is 11.5 Å². The summed E-state index contributed by atoms with van der Waals surface area (Å²) in [7, 11) is 0. The van der Waals surface area contributed by atoms with Crippen LogP contribution in [0, 0.1) is 0 Å². The van der Waals surface area contributed by atoms with Crippen molar-refractivity contribution in [3.05, 3.63) is 251 Å². The van der Waals surface area contributed by atoms with Crippen LogP contribution in [0.2, 0.25) is 0 Å². The molecule has 1 unspecified atom stereocenters. The van der Waals surface area contributed by atoms with E-state index in [1.165, 1.54) is 33.4 Å². The first-order valence-corrected chi connectivity index (χ1v) is 20.4. The Morgan fingerprint density at radius 1 is 0.458 bits per heavy atom. The number of aromatic hydroxyl groups is 2. The molecule has 0 heterocycles. The summed E-state index contributed by atoms with van der Waals surface area (Å²) in [4.78, 5) is 0. The van der Waals surface area contributed by atoms with Crippen molar-refractivity contribution in [3.63, 3.8) is 0 Å². The topological polar surface area (TPSA) is 58.9 Å². The predicted octanol–water partition coefficient (Wildman–Crippen LogP) is 12.3. The lowest BCUT2D eigenvalue weighted by Crippen LogP contribution is -2.32. The fourth-order valence-corrected chi connectivity index (χ4v) is 9.29. The van der Waals surface area contributed by atoms with Gasteiger partial charge in [0.15, 0.2) is 0 Å². The van der Waals surface area contributed by atoms with Crippen molar-refractivity contribution in [2.45, 2.75) is 30.1 Å². The number of rotatable bonds is 11. The second-order valence-electron chi connectivity index (χ2n) is 15.3. The molecule has 0 fully saturated rings. The molecule has 4 heteroatoms. The Morgan fingerprint density at radius 2 is 0.881 bits per heavy atom. The van der Waals surface area contributed by atoms with E-state index < -0.39 is 10.8 Å². The summed E-state index contributed by atoms with van der Waals surface area (Å²) < 4.78 is 12.5. The van der Waals surface area contributed by atoms with Gasteiger partial charge in [-0.2, -0.15) is 0 Å². The van der Waals surface area contributed by atoms with Crippen LogP contribution in [0.25, 0.3) is 11.1 Å². The molecule has 0 spiro atoms. The first kappa shape index (κ1) is 37.5. The largest absolute Gasteiger partial charge is 0.508 e. The van der Waals surface area contributed by atoms with Gasteiger partial charge in [-0.1, -0.05) is 152 Å². The molecule has 0 saturated heterocycles. The van der Waals surface area contributed by atoms with Gasteiger partial charge < -0.3 is 19.7 Å². The first-order chi connectivity index (χ1) is 29.0. The van der Waals surface area contributed by atoms with Crippen LogP contribution in [0.5, 0.6) is 23.0 Å².